The monoisotopic (exact) mass is 303 g/mol. The molecule has 7 heteroatoms. The van der Waals surface area contributed by atoms with Crippen LogP contribution in [-0.2, 0) is 9.53 Å². The predicted octanol–water partition coefficient (Wildman–Crippen LogP) is 2.29. The number of aromatic nitrogens is 2. The molecule has 2 aromatic rings. The lowest BCUT2D eigenvalue weighted by Gasteiger charge is -1.99. The summed E-state index contributed by atoms with van der Waals surface area (Å²) in [5.41, 5.74) is 1.26. The van der Waals surface area contributed by atoms with Crippen LogP contribution in [-0.4, -0.2) is 29.2 Å². The molecule has 1 aromatic heterocycles. The van der Waals surface area contributed by atoms with Crippen molar-refractivity contribution in [1.29, 1.82) is 0 Å². The predicted molar refractivity (Wildman–Crippen MR) is 80.1 cm³/mol. The average Bonchev–Trinajstić information content (AvgIpc) is 2.90. The Bertz CT molecular complexity index is 677. The summed E-state index contributed by atoms with van der Waals surface area (Å²) in [6, 6.07) is 6.73. The molecule has 6 nitrogen and oxygen atoms in total. The minimum atomic E-state index is -0.394. The Kier molecular flexibility index (Phi) is 4.78. The van der Waals surface area contributed by atoms with Crippen molar-refractivity contribution >= 4 is 34.4 Å². The van der Waals surface area contributed by atoms with E-state index in [0.717, 1.165) is 10.6 Å². The molecule has 1 heterocycles. The number of aryl methyl sites for hydroxylation is 1. The molecule has 1 N–H and O–H groups in total. The summed E-state index contributed by atoms with van der Waals surface area (Å²) in [7, 11) is 1.33. The third-order valence-electron chi connectivity index (χ3n) is 2.52. The van der Waals surface area contributed by atoms with E-state index in [0.29, 0.717) is 10.7 Å². The normalized spacial score (nSPS) is 10.6. The van der Waals surface area contributed by atoms with Crippen molar-refractivity contribution < 1.29 is 14.3 Å². The molecule has 0 spiro atoms. The lowest BCUT2D eigenvalue weighted by atomic mass is 10.1. The number of ether oxygens (including phenoxy) is 1. The van der Waals surface area contributed by atoms with Crippen molar-refractivity contribution in [2.45, 2.75) is 6.92 Å². The number of rotatable bonds is 4. The molecule has 0 unspecified atom stereocenters. The number of carbonyl (C=O) groups excluding carboxylic acids is 2. The maximum atomic E-state index is 11.7. The Hall–Kier alpha value is -2.54. The Morgan fingerprint density at radius 1 is 1.24 bits per heavy atom. The number of anilines is 1. The fourth-order valence-corrected chi connectivity index (χ4v) is 2.11. The first kappa shape index (κ1) is 14.9. The van der Waals surface area contributed by atoms with Crippen molar-refractivity contribution in [3.05, 3.63) is 46.5 Å². The molecule has 0 aliphatic carbocycles. The number of hydrogen-bond donors (Lipinski definition) is 1. The summed E-state index contributed by atoms with van der Waals surface area (Å²) in [5.74, 6) is -0.682. The molecule has 0 atom stereocenters. The van der Waals surface area contributed by atoms with Crippen LogP contribution in [0.4, 0.5) is 5.13 Å². The van der Waals surface area contributed by atoms with Crippen molar-refractivity contribution in [2.75, 3.05) is 12.4 Å². The second-order valence-corrected chi connectivity index (χ2v) is 5.24. The van der Waals surface area contributed by atoms with E-state index >= 15 is 0 Å². The van der Waals surface area contributed by atoms with Gasteiger partial charge < -0.3 is 4.74 Å². The van der Waals surface area contributed by atoms with Crippen LogP contribution in [0.1, 0.15) is 20.9 Å². The maximum Gasteiger partial charge on any atom is 0.337 e. The maximum absolute atomic E-state index is 11.7. The lowest BCUT2D eigenvalue weighted by Crippen LogP contribution is -2.07. The number of nitrogens with one attached hydrogen (secondary N) is 1. The third-order valence-corrected chi connectivity index (χ3v) is 3.27. The fourth-order valence-electron chi connectivity index (χ4n) is 1.51. The lowest BCUT2D eigenvalue weighted by molar-refractivity contribution is -0.111. The second kappa shape index (κ2) is 6.76. The van der Waals surface area contributed by atoms with Crippen LogP contribution < -0.4 is 5.32 Å². The molecule has 2 rings (SSSR count). The molecule has 21 heavy (non-hydrogen) atoms. The van der Waals surface area contributed by atoms with Gasteiger partial charge in [-0.2, -0.15) is 0 Å². The summed E-state index contributed by atoms with van der Waals surface area (Å²) in [5, 5.41) is 11.5. The smallest absolute Gasteiger partial charge is 0.337 e. The van der Waals surface area contributed by atoms with Gasteiger partial charge in [-0.1, -0.05) is 23.5 Å². The zero-order chi connectivity index (χ0) is 15.2. The highest BCUT2D eigenvalue weighted by molar-refractivity contribution is 7.15. The summed E-state index contributed by atoms with van der Waals surface area (Å²) in [6.07, 6.45) is 3.04. The molecule has 0 saturated heterocycles. The van der Waals surface area contributed by atoms with Gasteiger partial charge in [-0.05, 0) is 30.7 Å². The van der Waals surface area contributed by atoms with E-state index in [9.17, 15) is 9.59 Å². The molecule has 0 bridgehead atoms. The second-order valence-electron chi connectivity index (χ2n) is 4.06. The van der Waals surface area contributed by atoms with Crippen LogP contribution in [0.5, 0.6) is 0 Å². The third kappa shape index (κ3) is 4.22. The van der Waals surface area contributed by atoms with Gasteiger partial charge in [-0.15, -0.1) is 10.2 Å². The van der Waals surface area contributed by atoms with E-state index < -0.39 is 5.97 Å². The van der Waals surface area contributed by atoms with Crippen LogP contribution in [0.25, 0.3) is 6.08 Å². The molecule has 0 saturated carbocycles. The van der Waals surface area contributed by atoms with Gasteiger partial charge in [-0.3, -0.25) is 10.1 Å². The van der Waals surface area contributed by atoms with Gasteiger partial charge in [-0.25, -0.2) is 4.79 Å². The van der Waals surface area contributed by atoms with Gasteiger partial charge in [0.2, 0.25) is 11.0 Å². The fraction of sp³-hybridized carbons (Fsp3) is 0.143. The van der Waals surface area contributed by atoms with E-state index in [-0.39, 0.29) is 5.91 Å². The van der Waals surface area contributed by atoms with Crippen molar-refractivity contribution in [2.24, 2.45) is 0 Å². The van der Waals surface area contributed by atoms with E-state index in [1.165, 1.54) is 24.5 Å². The first-order valence-corrected chi connectivity index (χ1v) is 6.87. The standard InChI is InChI=1S/C14H13N3O3S/c1-9-16-17-14(21-9)15-12(18)8-5-10-3-6-11(7-4-10)13(19)20-2/h3-8H,1-2H3,(H,15,17,18)/b8-5+. The van der Waals surface area contributed by atoms with Crippen LogP contribution >= 0.6 is 11.3 Å². The number of carbonyl (C=O) groups is 2. The van der Waals surface area contributed by atoms with Crippen LogP contribution in [0.2, 0.25) is 0 Å². The Morgan fingerprint density at radius 2 is 1.95 bits per heavy atom. The Labute approximate surface area is 125 Å². The van der Waals surface area contributed by atoms with E-state index in [2.05, 4.69) is 20.3 Å². The minimum Gasteiger partial charge on any atom is -0.465 e. The summed E-state index contributed by atoms with van der Waals surface area (Å²) >= 11 is 1.31. The summed E-state index contributed by atoms with van der Waals surface area (Å²) in [6.45, 7) is 1.81. The van der Waals surface area contributed by atoms with Crippen LogP contribution in [0, 0.1) is 6.92 Å². The summed E-state index contributed by atoms with van der Waals surface area (Å²) in [4.78, 5) is 23.0. The molecule has 0 aliphatic rings. The molecule has 1 amide bonds. The topological polar surface area (TPSA) is 81.2 Å². The minimum absolute atomic E-state index is 0.289. The van der Waals surface area contributed by atoms with Gasteiger partial charge in [0.05, 0.1) is 12.7 Å². The number of benzene rings is 1. The SMILES string of the molecule is COC(=O)c1ccc(/C=C/C(=O)Nc2nnc(C)s2)cc1. The van der Waals surface area contributed by atoms with E-state index in [1.54, 1.807) is 30.3 Å². The largest absolute Gasteiger partial charge is 0.465 e. The van der Waals surface area contributed by atoms with Crippen molar-refractivity contribution in [3.63, 3.8) is 0 Å². The quantitative estimate of drug-likeness (QED) is 0.692. The van der Waals surface area contributed by atoms with Crippen LogP contribution in [0.3, 0.4) is 0 Å². The van der Waals surface area contributed by atoms with Crippen LogP contribution in [0.15, 0.2) is 30.3 Å². The Morgan fingerprint density at radius 3 is 2.52 bits per heavy atom. The molecule has 0 fully saturated rings. The molecule has 0 radical (unpaired) electrons. The average molecular weight is 303 g/mol. The zero-order valence-corrected chi connectivity index (χ0v) is 12.3. The van der Waals surface area contributed by atoms with Gasteiger partial charge in [0.15, 0.2) is 0 Å². The van der Waals surface area contributed by atoms with Gasteiger partial charge >= 0.3 is 5.97 Å². The first-order chi connectivity index (χ1) is 10.1. The number of esters is 1. The van der Waals surface area contributed by atoms with Gasteiger partial charge in [0.25, 0.3) is 0 Å². The molecule has 0 aliphatic heterocycles. The van der Waals surface area contributed by atoms with Gasteiger partial charge in [0, 0.05) is 6.08 Å². The van der Waals surface area contributed by atoms with Crippen molar-refractivity contribution in [1.82, 2.24) is 10.2 Å². The molecular formula is C14H13N3O3S. The number of hydrogen-bond acceptors (Lipinski definition) is 6. The Balaban J connectivity index is 1.97. The van der Waals surface area contributed by atoms with Crippen molar-refractivity contribution in [3.8, 4) is 0 Å². The number of methoxy groups -OCH3 is 1. The highest BCUT2D eigenvalue weighted by atomic mass is 32.1. The number of amides is 1. The first-order valence-electron chi connectivity index (χ1n) is 6.06. The highest BCUT2D eigenvalue weighted by Crippen LogP contribution is 2.13. The van der Waals surface area contributed by atoms with Gasteiger partial charge in [0.1, 0.15) is 5.01 Å². The van der Waals surface area contributed by atoms with E-state index in [4.69, 9.17) is 0 Å². The van der Waals surface area contributed by atoms with E-state index in [1.807, 2.05) is 6.92 Å². The molecule has 108 valence electrons. The zero-order valence-electron chi connectivity index (χ0n) is 11.5. The summed E-state index contributed by atoms with van der Waals surface area (Å²) < 4.78 is 4.61. The number of nitrogens with zero attached hydrogens (tertiary/aromatic N) is 2. The molecule has 1 aromatic carbocycles. The molecular weight excluding hydrogens is 290 g/mol. The highest BCUT2D eigenvalue weighted by Gasteiger charge is 2.04.